The number of aromatic nitrogens is 3. The van der Waals surface area contributed by atoms with E-state index in [1.54, 1.807) is 0 Å². The molecule has 0 bridgehead atoms. The minimum Gasteiger partial charge on any atom is -0.350 e. The zero-order chi connectivity index (χ0) is 12.6. The number of carbonyl (C=O) groups is 1. The van der Waals surface area contributed by atoms with Gasteiger partial charge in [0.15, 0.2) is 0 Å². The van der Waals surface area contributed by atoms with Gasteiger partial charge in [-0.3, -0.25) is 14.6 Å². The molecule has 2 aromatic rings. The SMILES string of the molecule is CC(=O)Nc1ccc2[n-]nnc2c1S(=O)(=O)O.[Ag+]. The summed E-state index contributed by atoms with van der Waals surface area (Å²) >= 11 is 0. The number of hydrogen-bond donors (Lipinski definition) is 2. The second kappa shape index (κ2) is 5.16. The summed E-state index contributed by atoms with van der Waals surface area (Å²) in [4.78, 5) is 10.4. The maximum Gasteiger partial charge on any atom is 1.00 e. The molecule has 0 aliphatic heterocycles. The zero-order valence-electron chi connectivity index (χ0n) is 8.88. The molecule has 1 amide bonds. The van der Waals surface area contributed by atoms with E-state index in [0.29, 0.717) is 0 Å². The van der Waals surface area contributed by atoms with E-state index in [1.807, 2.05) is 0 Å². The topological polar surface area (TPSA) is 123 Å². The van der Waals surface area contributed by atoms with Crippen LogP contribution in [0.5, 0.6) is 0 Å². The first kappa shape index (κ1) is 14.8. The molecule has 0 saturated heterocycles. The van der Waals surface area contributed by atoms with Crippen LogP contribution in [0.25, 0.3) is 11.0 Å². The van der Waals surface area contributed by atoms with Crippen LogP contribution in [0.3, 0.4) is 0 Å². The molecule has 1 heterocycles. The van der Waals surface area contributed by atoms with Crippen LogP contribution in [0.4, 0.5) is 5.69 Å². The number of anilines is 1. The first-order chi connectivity index (χ1) is 7.89. The number of fused-ring (bicyclic) bond motifs is 1. The van der Waals surface area contributed by atoms with Crippen LogP contribution in [0.2, 0.25) is 0 Å². The van der Waals surface area contributed by atoms with Gasteiger partial charge in [0.25, 0.3) is 10.1 Å². The maximum atomic E-state index is 11.3. The number of amides is 1. The van der Waals surface area contributed by atoms with Crippen LogP contribution in [0.1, 0.15) is 6.92 Å². The summed E-state index contributed by atoms with van der Waals surface area (Å²) in [6.07, 6.45) is 0. The summed E-state index contributed by atoms with van der Waals surface area (Å²) in [5.41, 5.74) is 0.0697. The van der Waals surface area contributed by atoms with E-state index in [2.05, 4.69) is 20.7 Å². The van der Waals surface area contributed by atoms with Crippen LogP contribution >= 0.6 is 0 Å². The van der Waals surface area contributed by atoms with Gasteiger partial charge in [0.1, 0.15) is 4.90 Å². The second-order valence-corrected chi connectivity index (χ2v) is 4.61. The minimum atomic E-state index is -4.53. The Morgan fingerprint density at radius 3 is 2.67 bits per heavy atom. The van der Waals surface area contributed by atoms with Crippen LogP contribution in [-0.2, 0) is 37.3 Å². The van der Waals surface area contributed by atoms with E-state index in [-0.39, 0.29) is 39.1 Å². The Hall–Kier alpha value is -1.26. The fraction of sp³-hybridized carbons (Fsp3) is 0.125. The largest absolute Gasteiger partial charge is 1.00 e. The summed E-state index contributed by atoms with van der Waals surface area (Å²) < 4.78 is 31.6. The molecule has 1 aromatic carbocycles. The summed E-state index contributed by atoms with van der Waals surface area (Å²) in [5, 5.41) is 12.7. The molecule has 2 N–H and O–H groups in total. The van der Waals surface area contributed by atoms with Crippen molar-refractivity contribution in [3.63, 3.8) is 0 Å². The second-order valence-electron chi connectivity index (χ2n) is 3.26. The summed E-state index contributed by atoms with van der Waals surface area (Å²) in [6.45, 7) is 1.22. The number of nitrogens with zero attached hydrogens (tertiary/aromatic N) is 3. The molecule has 0 unspecified atom stereocenters. The van der Waals surface area contributed by atoms with Gasteiger partial charge in [-0.2, -0.15) is 8.42 Å². The van der Waals surface area contributed by atoms with Crippen molar-refractivity contribution >= 4 is 32.7 Å². The molecule has 0 aliphatic rings. The molecule has 10 heteroatoms. The molecule has 1 aromatic heterocycles. The van der Waals surface area contributed by atoms with Crippen molar-refractivity contribution < 1.29 is 40.1 Å². The quantitative estimate of drug-likeness (QED) is 0.559. The first-order valence-electron chi connectivity index (χ1n) is 4.43. The predicted octanol–water partition coefficient (Wildman–Crippen LogP) is -0.210. The third-order valence-electron chi connectivity index (χ3n) is 1.98. The Morgan fingerprint density at radius 1 is 1.44 bits per heavy atom. The average molecular weight is 363 g/mol. The van der Waals surface area contributed by atoms with Crippen molar-refractivity contribution in [3.8, 4) is 0 Å². The molecular weight excluding hydrogens is 356 g/mol. The van der Waals surface area contributed by atoms with Crippen LogP contribution in [0, 0.1) is 0 Å². The van der Waals surface area contributed by atoms with Gasteiger partial charge in [0.2, 0.25) is 5.91 Å². The Labute approximate surface area is 117 Å². The standard InChI is InChI=1S/C8H8N4O4S.Ag/c1-4(13)9-6-3-2-5-7(11-12-10-5)8(6)17(14,15)16;/h2-3H,1H3,(H3,9,10,11,12,13,14,15,16);/q;+1/p-1. The number of hydrogen-bond acceptors (Lipinski definition) is 5. The molecule has 0 saturated carbocycles. The van der Waals surface area contributed by atoms with Crippen molar-refractivity contribution in [2.45, 2.75) is 11.8 Å². The van der Waals surface area contributed by atoms with E-state index < -0.39 is 20.9 Å². The molecule has 18 heavy (non-hydrogen) atoms. The average Bonchev–Trinajstić information content (AvgIpc) is 2.61. The van der Waals surface area contributed by atoms with Crippen LogP contribution in [0.15, 0.2) is 17.0 Å². The Morgan fingerprint density at radius 2 is 2.11 bits per heavy atom. The van der Waals surface area contributed by atoms with E-state index in [4.69, 9.17) is 4.55 Å². The van der Waals surface area contributed by atoms with E-state index in [9.17, 15) is 13.2 Å². The molecular formula is C8H7AgN4O4S. The Balaban J connectivity index is 0.00000162. The number of rotatable bonds is 2. The molecule has 0 fully saturated rings. The molecule has 8 nitrogen and oxygen atoms in total. The molecule has 2 rings (SSSR count). The van der Waals surface area contributed by atoms with Gasteiger partial charge in [-0.1, -0.05) is 6.07 Å². The smallest absolute Gasteiger partial charge is 0.350 e. The van der Waals surface area contributed by atoms with Crippen LogP contribution < -0.4 is 10.4 Å². The minimum absolute atomic E-state index is 0. The third kappa shape index (κ3) is 2.76. The monoisotopic (exact) mass is 362 g/mol. The van der Waals surface area contributed by atoms with E-state index in [1.165, 1.54) is 19.1 Å². The van der Waals surface area contributed by atoms with E-state index >= 15 is 0 Å². The number of nitrogens with one attached hydrogen (secondary N) is 1. The van der Waals surface area contributed by atoms with Crippen molar-refractivity contribution in [3.05, 3.63) is 12.1 Å². The number of benzene rings is 1. The molecule has 0 aliphatic carbocycles. The van der Waals surface area contributed by atoms with Crippen LogP contribution in [-0.4, -0.2) is 29.2 Å². The first-order valence-corrected chi connectivity index (χ1v) is 5.87. The molecule has 0 spiro atoms. The van der Waals surface area contributed by atoms with Crippen molar-refractivity contribution in [1.29, 1.82) is 0 Å². The van der Waals surface area contributed by atoms with Gasteiger partial charge in [-0.25, -0.2) is 0 Å². The van der Waals surface area contributed by atoms with Gasteiger partial charge in [-0.05, 0) is 11.6 Å². The van der Waals surface area contributed by atoms with Gasteiger partial charge in [0, 0.05) is 12.4 Å². The summed E-state index contributed by atoms with van der Waals surface area (Å²) in [5.74, 6) is -0.471. The fourth-order valence-corrected chi connectivity index (χ4v) is 2.19. The molecule has 0 atom stereocenters. The van der Waals surface area contributed by atoms with Gasteiger partial charge in [0.05, 0.1) is 5.69 Å². The van der Waals surface area contributed by atoms with E-state index in [0.717, 1.165) is 0 Å². The Bertz CT molecular complexity index is 696. The van der Waals surface area contributed by atoms with Crippen molar-refractivity contribution in [1.82, 2.24) is 15.4 Å². The van der Waals surface area contributed by atoms with Gasteiger partial charge < -0.3 is 15.5 Å². The Kier molecular flexibility index (Phi) is 4.24. The molecule has 0 radical (unpaired) electrons. The zero-order valence-corrected chi connectivity index (χ0v) is 11.2. The van der Waals surface area contributed by atoms with Gasteiger partial charge >= 0.3 is 22.4 Å². The predicted molar refractivity (Wildman–Crippen MR) is 57.0 cm³/mol. The summed E-state index contributed by atoms with van der Waals surface area (Å²) in [7, 11) is -4.53. The number of carbonyl (C=O) groups excluding carboxylic acids is 1. The van der Waals surface area contributed by atoms with Crippen molar-refractivity contribution in [2.75, 3.05) is 5.32 Å². The van der Waals surface area contributed by atoms with Gasteiger partial charge in [-0.15, -0.1) is 0 Å². The van der Waals surface area contributed by atoms with Crippen molar-refractivity contribution in [2.24, 2.45) is 0 Å². The third-order valence-corrected chi connectivity index (χ3v) is 2.91. The maximum absolute atomic E-state index is 11.3. The normalized spacial score (nSPS) is 11.0. The fourth-order valence-electron chi connectivity index (χ4n) is 1.40. The summed E-state index contributed by atoms with van der Waals surface area (Å²) in [6, 6.07) is 2.75. The molecule has 100 valence electrons.